The van der Waals surface area contributed by atoms with Crippen LogP contribution in [0.2, 0.25) is 0 Å². The molecule has 29 heavy (non-hydrogen) atoms. The van der Waals surface area contributed by atoms with Gasteiger partial charge in [0.05, 0.1) is 5.56 Å². The molecule has 1 amide bonds. The molecule has 0 saturated carbocycles. The van der Waals surface area contributed by atoms with Gasteiger partial charge in [0.15, 0.2) is 0 Å². The van der Waals surface area contributed by atoms with Gasteiger partial charge in [0.2, 0.25) is 11.8 Å². The fraction of sp³-hybridized carbons (Fsp3) is 0.217. The third-order valence-corrected chi connectivity index (χ3v) is 4.47. The Morgan fingerprint density at radius 1 is 1.00 bits per heavy atom. The molecule has 6 heteroatoms. The maximum Gasteiger partial charge on any atom is 0.250 e. The normalized spacial score (nSPS) is 10.7. The lowest BCUT2D eigenvalue weighted by atomic mass is 10.1. The Morgan fingerprint density at radius 3 is 2.52 bits per heavy atom. The zero-order valence-corrected chi connectivity index (χ0v) is 16.1. The van der Waals surface area contributed by atoms with E-state index in [2.05, 4.69) is 10.3 Å². The van der Waals surface area contributed by atoms with Crippen molar-refractivity contribution in [1.29, 1.82) is 0 Å². The van der Waals surface area contributed by atoms with Crippen molar-refractivity contribution in [2.45, 2.75) is 19.3 Å². The lowest BCUT2D eigenvalue weighted by molar-refractivity contribution is 0.1000. The minimum absolute atomic E-state index is 0.187. The van der Waals surface area contributed by atoms with Crippen LogP contribution in [0, 0.1) is 5.82 Å². The number of hydrogen-bond donors (Lipinski definition) is 2. The molecule has 1 aromatic heterocycles. The van der Waals surface area contributed by atoms with Gasteiger partial charge in [-0.3, -0.25) is 4.79 Å². The highest BCUT2D eigenvalue weighted by Gasteiger charge is 2.03. The van der Waals surface area contributed by atoms with E-state index in [1.54, 1.807) is 24.3 Å². The third-order valence-electron chi connectivity index (χ3n) is 4.47. The Balaban J connectivity index is 1.36. The first-order valence-electron chi connectivity index (χ1n) is 9.58. The number of amides is 1. The number of carbonyl (C=O) groups excluding carboxylic acids is 1. The molecular formula is C23H24FN3O2. The number of rotatable bonds is 10. The number of carbonyl (C=O) groups is 1. The van der Waals surface area contributed by atoms with E-state index in [9.17, 15) is 9.18 Å². The summed E-state index contributed by atoms with van der Waals surface area (Å²) in [6, 6.07) is 17.8. The summed E-state index contributed by atoms with van der Waals surface area (Å²) in [6.07, 6.45) is 4.18. The van der Waals surface area contributed by atoms with Gasteiger partial charge in [-0.1, -0.05) is 24.3 Å². The Labute approximate surface area is 169 Å². The molecule has 3 aromatic rings. The molecule has 0 aliphatic heterocycles. The van der Waals surface area contributed by atoms with Gasteiger partial charge in [0.1, 0.15) is 11.6 Å². The third kappa shape index (κ3) is 6.69. The summed E-state index contributed by atoms with van der Waals surface area (Å²) in [4.78, 5) is 15.1. The summed E-state index contributed by atoms with van der Waals surface area (Å²) >= 11 is 0. The lowest BCUT2D eigenvalue weighted by Crippen LogP contribution is -2.19. The predicted octanol–water partition coefficient (Wildman–Crippen LogP) is 3.88. The van der Waals surface area contributed by atoms with Gasteiger partial charge in [-0.25, -0.2) is 9.37 Å². The van der Waals surface area contributed by atoms with Crippen LogP contribution in [0.25, 0.3) is 0 Å². The van der Waals surface area contributed by atoms with Gasteiger partial charge in [0, 0.05) is 12.3 Å². The summed E-state index contributed by atoms with van der Waals surface area (Å²) in [5, 5.41) is 3.39. The highest BCUT2D eigenvalue weighted by molar-refractivity contribution is 5.92. The zero-order chi connectivity index (χ0) is 20.5. The zero-order valence-electron chi connectivity index (χ0n) is 16.1. The molecule has 0 fully saturated rings. The van der Waals surface area contributed by atoms with Crippen molar-refractivity contribution in [1.82, 2.24) is 10.3 Å². The molecule has 150 valence electrons. The van der Waals surface area contributed by atoms with E-state index < -0.39 is 5.91 Å². The van der Waals surface area contributed by atoms with E-state index in [1.807, 2.05) is 30.3 Å². The van der Waals surface area contributed by atoms with E-state index >= 15 is 0 Å². The second-order valence-electron chi connectivity index (χ2n) is 6.73. The van der Waals surface area contributed by atoms with Crippen LogP contribution in [0.4, 0.5) is 4.39 Å². The Kier molecular flexibility index (Phi) is 7.30. The van der Waals surface area contributed by atoms with Crippen LogP contribution in [-0.4, -0.2) is 24.0 Å². The first kappa shape index (κ1) is 20.5. The van der Waals surface area contributed by atoms with Crippen LogP contribution in [0.15, 0.2) is 66.9 Å². The van der Waals surface area contributed by atoms with Crippen molar-refractivity contribution >= 4 is 5.91 Å². The van der Waals surface area contributed by atoms with Crippen molar-refractivity contribution in [3.63, 3.8) is 0 Å². The molecule has 3 N–H and O–H groups in total. The number of aromatic nitrogens is 1. The lowest BCUT2D eigenvalue weighted by Gasteiger charge is -2.07. The summed E-state index contributed by atoms with van der Waals surface area (Å²) in [5.74, 6) is 0.386. The number of nitrogens with zero attached hydrogens (tertiary/aromatic N) is 1. The Morgan fingerprint density at radius 2 is 1.83 bits per heavy atom. The van der Waals surface area contributed by atoms with E-state index in [0.717, 1.165) is 37.9 Å². The highest BCUT2D eigenvalue weighted by atomic mass is 19.1. The van der Waals surface area contributed by atoms with E-state index in [4.69, 9.17) is 10.5 Å². The number of hydrogen-bond acceptors (Lipinski definition) is 4. The molecule has 0 aliphatic carbocycles. The number of primary amides is 1. The fourth-order valence-corrected chi connectivity index (χ4v) is 2.90. The Hall–Kier alpha value is -3.25. The van der Waals surface area contributed by atoms with Crippen molar-refractivity contribution in [2.24, 2.45) is 5.73 Å². The van der Waals surface area contributed by atoms with Gasteiger partial charge in [0.25, 0.3) is 0 Å². The van der Waals surface area contributed by atoms with Crippen LogP contribution in [0.5, 0.6) is 11.6 Å². The smallest absolute Gasteiger partial charge is 0.250 e. The van der Waals surface area contributed by atoms with Crippen LogP contribution in [-0.2, 0) is 12.8 Å². The summed E-state index contributed by atoms with van der Waals surface area (Å²) < 4.78 is 18.8. The average molecular weight is 393 g/mol. The number of halogens is 1. The van der Waals surface area contributed by atoms with Crippen LogP contribution in [0.1, 0.15) is 27.9 Å². The first-order chi connectivity index (χ1) is 14.1. The summed E-state index contributed by atoms with van der Waals surface area (Å²) in [7, 11) is 0. The molecule has 3 rings (SSSR count). The number of nitrogens with one attached hydrogen (secondary N) is 1. The van der Waals surface area contributed by atoms with Crippen LogP contribution < -0.4 is 15.8 Å². The average Bonchev–Trinajstić information content (AvgIpc) is 2.72. The number of pyridine rings is 1. The Bertz CT molecular complexity index is 928. The topological polar surface area (TPSA) is 77.2 Å². The number of ether oxygens (including phenoxy) is 1. The van der Waals surface area contributed by atoms with E-state index in [-0.39, 0.29) is 5.82 Å². The van der Waals surface area contributed by atoms with Crippen molar-refractivity contribution in [2.75, 3.05) is 13.1 Å². The molecule has 0 saturated heterocycles. The minimum Gasteiger partial charge on any atom is -0.439 e. The fourth-order valence-electron chi connectivity index (χ4n) is 2.90. The van der Waals surface area contributed by atoms with Crippen molar-refractivity contribution in [3.05, 3.63) is 89.4 Å². The van der Waals surface area contributed by atoms with Gasteiger partial charge in [-0.2, -0.15) is 0 Å². The van der Waals surface area contributed by atoms with E-state index in [0.29, 0.717) is 17.2 Å². The summed E-state index contributed by atoms with van der Waals surface area (Å²) in [5.41, 5.74) is 7.77. The number of benzene rings is 2. The van der Waals surface area contributed by atoms with Gasteiger partial charge in [-0.15, -0.1) is 0 Å². The molecule has 5 nitrogen and oxygen atoms in total. The predicted molar refractivity (Wildman–Crippen MR) is 111 cm³/mol. The maximum absolute atomic E-state index is 13.1. The van der Waals surface area contributed by atoms with Gasteiger partial charge < -0.3 is 15.8 Å². The molecule has 0 unspecified atom stereocenters. The highest BCUT2D eigenvalue weighted by Crippen LogP contribution is 2.20. The van der Waals surface area contributed by atoms with Gasteiger partial charge >= 0.3 is 0 Å². The van der Waals surface area contributed by atoms with Crippen molar-refractivity contribution in [3.8, 4) is 11.6 Å². The maximum atomic E-state index is 13.1. The second-order valence-corrected chi connectivity index (χ2v) is 6.73. The number of aryl methyl sites for hydroxylation is 1. The summed E-state index contributed by atoms with van der Waals surface area (Å²) in [6.45, 7) is 1.74. The number of nitrogens with two attached hydrogens (primary N) is 1. The van der Waals surface area contributed by atoms with Gasteiger partial charge in [-0.05, 0) is 73.8 Å². The molecule has 0 bridgehead atoms. The molecule has 2 aromatic carbocycles. The largest absolute Gasteiger partial charge is 0.439 e. The molecule has 0 spiro atoms. The minimum atomic E-state index is -0.517. The van der Waals surface area contributed by atoms with E-state index in [1.165, 1.54) is 17.8 Å². The van der Waals surface area contributed by atoms with Crippen LogP contribution in [0.3, 0.4) is 0 Å². The molecule has 0 radical (unpaired) electrons. The van der Waals surface area contributed by atoms with Crippen molar-refractivity contribution < 1.29 is 13.9 Å². The van der Waals surface area contributed by atoms with Crippen LogP contribution >= 0.6 is 0 Å². The molecule has 1 heterocycles. The quantitative estimate of drug-likeness (QED) is 0.513. The molecular weight excluding hydrogens is 369 g/mol. The molecule has 0 atom stereocenters. The first-order valence-corrected chi connectivity index (χ1v) is 9.58. The SMILES string of the molecule is NC(=O)c1ccc(Oc2ccc(CCCNCCc3cccc(F)c3)cc2)nc1. The second kappa shape index (κ2) is 10.3. The monoisotopic (exact) mass is 393 g/mol. The standard InChI is InChI=1S/C23H24FN3O2/c24-20-5-1-3-18(15-20)12-14-26-13-2-4-17-6-9-21(10-7-17)29-22-11-8-19(16-27-22)23(25)28/h1,3,5-11,15-16,26H,2,4,12-14H2,(H2,25,28). The molecule has 0 aliphatic rings.